The molecule has 0 saturated carbocycles. The van der Waals surface area contributed by atoms with Gasteiger partial charge in [0.05, 0.1) is 25.7 Å². The minimum absolute atomic E-state index is 0.202. The summed E-state index contributed by atoms with van der Waals surface area (Å²) in [4.78, 5) is 27.8. The standard InChI is InChI=1S/C23H23ClFN5O2/c1-14(2)16-6-4-5-7-17(16)23(12-30(13-23)22-27-9-15(25)10-28-22)21(31)29-18-11-26-20(24)8-19(18)32-3/h4-11,14H,12-13H2,1-3H3,(H,29,31). The number of rotatable bonds is 6. The van der Waals surface area contributed by atoms with E-state index in [2.05, 4.69) is 34.1 Å². The molecular weight excluding hydrogens is 433 g/mol. The van der Waals surface area contributed by atoms with Crippen LogP contribution in [0.3, 0.4) is 0 Å². The number of ether oxygens (including phenoxy) is 1. The second-order valence-electron chi connectivity index (χ2n) is 8.04. The Morgan fingerprint density at radius 2 is 1.88 bits per heavy atom. The first kappa shape index (κ1) is 22.0. The van der Waals surface area contributed by atoms with Crippen molar-refractivity contribution < 1.29 is 13.9 Å². The fraction of sp³-hybridized carbons (Fsp3) is 0.304. The average molecular weight is 456 g/mol. The van der Waals surface area contributed by atoms with Gasteiger partial charge in [0, 0.05) is 19.2 Å². The highest BCUT2D eigenvalue weighted by Gasteiger charge is 2.52. The van der Waals surface area contributed by atoms with Gasteiger partial charge in [-0.25, -0.2) is 19.3 Å². The molecule has 4 rings (SSSR count). The first-order valence-corrected chi connectivity index (χ1v) is 10.5. The molecule has 0 radical (unpaired) electrons. The van der Waals surface area contributed by atoms with E-state index in [0.717, 1.165) is 23.5 Å². The number of halogens is 2. The number of methoxy groups -OCH3 is 1. The summed E-state index contributed by atoms with van der Waals surface area (Å²) in [7, 11) is 1.50. The number of benzene rings is 1. The minimum Gasteiger partial charge on any atom is -0.494 e. The minimum atomic E-state index is -0.858. The molecule has 3 heterocycles. The molecule has 1 saturated heterocycles. The van der Waals surface area contributed by atoms with Gasteiger partial charge in [-0.3, -0.25) is 4.79 Å². The number of nitrogens with one attached hydrogen (secondary N) is 1. The van der Waals surface area contributed by atoms with Gasteiger partial charge < -0.3 is 15.0 Å². The number of aromatic nitrogens is 3. The highest BCUT2D eigenvalue weighted by molar-refractivity contribution is 6.29. The Morgan fingerprint density at radius 3 is 2.53 bits per heavy atom. The van der Waals surface area contributed by atoms with Crippen LogP contribution in [-0.4, -0.2) is 41.1 Å². The van der Waals surface area contributed by atoms with Crippen molar-refractivity contribution in [3.8, 4) is 5.75 Å². The van der Waals surface area contributed by atoms with E-state index >= 15 is 0 Å². The molecule has 2 aromatic heterocycles. The van der Waals surface area contributed by atoms with E-state index in [1.54, 1.807) is 6.07 Å². The zero-order chi connectivity index (χ0) is 22.9. The smallest absolute Gasteiger partial charge is 0.238 e. The summed E-state index contributed by atoms with van der Waals surface area (Å²) in [5, 5.41) is 3.23. The van der Waals surface area contributed by atoms with Gasteiger partial charge >= 0.3 is 0 Å². The largest absolute Gasteiger partial charge is 0.494 e. The molecule has 0 unspecified atom stereocenters. The average Bonchev–Trinajstić information content (AvgIpc) is 2.75. The highest BCUT2D eigenvalue weighted by atomic mass is 35.5. The van der Waals surface area contributed by atoms with Crippen LogP contribution in [-0.2, 0) is 10.2 Å². The third kappa shape index (κ3) is 3.98. The number of carbonyl (C=O) groups is 1. The molecular formula is C23H23ClFN5O2. The number of pyridine rings is 1. The number of amides is 1. The fourth-order valence-electron chi connectivity index (χ4n) is 4.01. The summed E-state index contributed by atoms with van der Waals surface area (Å²) >= 11 is 5.96. The highest BCUT2D eigenvalue weighted by Crippen LogP contribution is 2.41. The summed E-state index contributed by atoms with van der Waals surface area (Å²) in [6.45, 7) is 4.88. The maximum atomic E-state index is 13.7. The SMILES string of the molecule is COc1cc(Cl)ncc1NC(=O)C1(c2ccccc2C(C)C)CN(c2ncc(F)cn2)C1. The molecule has 32 heavy (non-hydrogen) atoms. The van der Waals surface area contributed by atoms with E-state index in [1.807, 2.05) is 29.2 Å². The zero-order valence-electron chi connectivity index (χ0n) is 18.0. The maximum absolute atomic E-state index is 13.7. The summed E-state index contributed by atoms with van der Waals surface area (Å²) in [5.41, 5.74) is 1.60. The van der Waals surface area contributed by atoms with Gasteiger partial charge in [-0.05, 0) is 17.0 Å². The second-order valence-corrected chi connectivity index (χ2v) is 8.43. The Bertz CT molecular complexity index is 1130. The van der Waals surface area contributed by atoms with Crippen molar-refractivity contribution in [2.75, 3.05) is 30.4 Å². The Hall–Kier alpha value is -3.26. The Kier molecular flexibility index (Phi) is 5.97. The first-order valence-electron chi connectivity index (χ1n) is 10.2. The predicted octanol–water partition coefficient (Wildman–Crippen LogP) is 4.19. The van der Waals surface area contributed by atoms with Crippen LogP contribution in [0.15, 0.2) is 48.9 Å². The van der Waals surface area contributed by atoms with Crippen LogP contribution in [0, 0.1) is 5.82 Å². The lowest BCUT2D eigenvalue weighted by atomic mass is 9.69. The molecule has 0 aliphatic carbocycles. The van der Waals surface area contributed by atoms with E-state index in [-0.39, 0.29) is 17.0 Å². The van der Waals surface area contributed by atoms with Crippen LogP contribution in [0.4, 0.5) is 16.0 Å². The van der Waals surface area contributed by atoms with Crippen molar-refractivity contribution >= 4 is 29.1 Å². The normalized spacial score (nSPS) is 14.8. The summed E-state index contributed by atoms with van der Waals surface area (Å²) in [6.07, 6.45) is 3.71. The van der Waals surface area contributed by atoms with Crippen LogP contribution in [0.25, 0.3) is 0 Å². The van der Waals surface area contributed by atoms with Crippen molar-refractivity contribution in [3.63, 3.8) is 0 Å². The molecule has 0 atom stereocenters. The van der Waals surface area contributed by atoms with E-state index in [1.165, 1.54) is 13.3 Å². The van der Waals surface area contributed by atoms with Crippen LogP contribution < -0.4 is 15.0 Å². The lowest BCUT2D eigenvalue weighted by molar-refractivity contribution is -0.122. The van der Waals surface area contributed by atoms with Gasteiger partial charge in [-0.1, -0.05) is 49.7 Å². The van der Waals surface area contributed by atoms with Gasteiger partial charge in [-0.2, -0.15) is 0 Å². The summed E-state index contributed by atoms with van der Waals surface area (Å²) < 4.78 is 18.6. The predicted molar refractivity (Wildman–Crippen MR) is 121 cm³/mol. The summed E-state index contributed by atoms with van der Waals surface area (Å²) in [6, 6.07) is 9.46. The van der Waals surface area contributed by atoms with Crippen molar-refractivity contribution in [1.29, 1.82) is 0 Å². The Labute approximate surface area is 190 Å². The van der Waals surface area contributed by atoms with Crippen LogP contribution in [0.2, 0.25) is 5.15 Å². The topological polar surface area (TPSA) is 80.2 Å². The van der Waals surface area contributed by atoms with E-state index in [0.29, 0.717) is 30.5 Å². The van der Waals surface area contributed by atoms with Crippen molar-refractivity contribution in [2.24, 2.45) is 0 Å². The number of anilines is 2. The van der Waals surface area contributed by atoms with E-state index in [4.69, 9.17) is 16.3 Å². The molecule has 1 aromatic carbocycles. The molecule has 1 N–H and O–H groups in total. The molecule has 0 bridgehead atoms. The number of hydrogen-bond acceptors (Lipinski definition) is 6. The second kappa shape index (κ2) is 8.70. The maximum Gasteiger partial charge on any atom is 0.238 e. The lowest BCUT2D eigenvalue weighted by Gasteiger charge is -2.49. The third-order valence-corrected chi connectivity index (χ3v) is 5.85. The molecule has 7 nitrogen and oxygen atoms in total. The van der Waals surface area contributed by atoms with Crippen LogP contribution >= 0.6 is 11.6 Å². The molecule has 1 aliphatic rings. The van der Waals surface area contributed by atoms with Crippen molar-refractivity contribution in [2.45, 2.75) is 25.2 Å². The Morgan fingerprint density at radius 1 is 1.19 bits per heavy atom. The molecule has 166 valence electrons. The Balaban J connectivity index is 1.71. The monoisotopic (exact) mass is 455 g/mol. The van der Waals surface area contributed by atoms with Crippen molar-refractivity contribution in [3.05, 3.63) is 71.0 Å². The van der Waals surface area contributed by atoms with Gasteiger partial charge in [0.15, 0.2) is 5.82 Å². The molecule has 0 spiro atoms. The van der Waals surface area contributed by atoms with E-state index < -0.39 is 11.2 Å². The third-order valence-electron chi connectivity index (χ3n) is 5.64. The molecule has 1 aliphatic heterocycles. The first-order chi connectivity index (χ1) is 15.3. The fourth-order valence-corrected chi connectivity index (χ4v) is 4.15. The van der Waals surface area contributed by atoms with Gasteiger partial charge in [0.25, 0.3) is 0 Å². The van der Waals surface area contributed by atoms with Crippen LogP contribution in [0.5, 0.6) is 5.75 Å². The quantitative estimate of drug-likeness (QED) is 0.561. The molecule has 9 heteroatoms. The molecule has 1 fully saturated rings. The van der Waals surface area contributed by atoms with Crippen LogP contribution in [0.1, 0.15) is 30.9 Å². The van der Waals surface area contributed by atoms with Gasteiger partial charge in [-0.15, -0.1) is 0 Å². The zero-order valence-corrected chi connectivity index (χ0v) is 18.7. The number of hydrogen-bond donors (Lipinski definition) is 1. The van der Waals surface area contributed by atoms with Gasteiger partial charge in [0.2, 0.25) is 11.9 Å². The van der Waals surface area contributed by atoms with E-state index in [9.17, 15) is 9.18 Å². The van der Waals surface area contributed by atoms with Gasteiger partial charge in [0.1, 0.15) is 22.0 Å². The number of carbonyl (C=O) groups excluding carboxylic acids is 1. The lowest BCUT2D eigenvalue weighted by Crippen LogP contribution is -2.66. The molecule has 3 aromatic rings. The van der Waals surface area contributed by atoms with Crippen molar-refractivity contribution in [1.82, 2.24) is 15.0 Å². The summed E-state index contributed by atoms with van der Waals surface area (Å²) in [5.74, 6) is 0.308. The molecule has 1 amide bonds. The number of nitrogens with zero attached hydrogens (tertiary/aromatic N) is 4.